The molecule has 4 heteroatoms. The van der Waals surface area contributed by atoms with Gasteiger partial charge in [0.25, 0.3) is 5.91 Å². The molecule has 4 nitrogen and oxygen atoms in total. The first-order chi connectivity index (χ1) is 17.6. The summed E-state index contributed by atoms with van der Waals surface area (Å²) in [5.41, 5.74) is 5.12. The average molecular weight is 470 g/mol. The number of hydrogen-bond acceptors (Lipinski definition) is 3. The minimum atomic E-state index is -1.01. The topological polar surface area (TPSA) is 69.6 Å². The van der Waals surface area contributed by atoms with Crippen molar-refractivity contribution < 1.29 is 15.0 Å². The molecule has 1 amide bonds. The standard InChI is InChI=1S/C32H23NO3/c34-29-17-15-23(19-26(29)21-9-3-1-4-10-21)32(28-14-8-7-13-25(28)31(36)33-32)24-16-18-30(35)27(20-24)22-11-5-2-6-12-22/h1-20,34-35H,(H,33,36). The minimum absolute atomic E-state index is 0.161. The minimum Gasteiger partial charge on any atom is -0.507 e. The number of phenols is 2. The molecule has 1 aliphatic heterocycles. The molecule has 36 heavy (non-hydrogen) atoms. The van der Waals surface area contributed by atoms with Crippen LogP contribution in [0.2, 0.25) is 0 Å². The third kappa shape index (κ3) is 3.35. The van der Waals surface area contributed by atoms with E-state index in [1.807, 2.05) is 109 Å². The lowest BCUT2D eigenvalue weighted by Crippen LogP contribution is -2.41. The molecule has 0 fully saturated rings. The van der Waals surface area contributed by atoms with Crippen molar-refractivity contribution in [1.82, 2.24) is 5.32 Å². The van der Waals surface area contributed by atoms with Crippen LogP contribution in [0.15, 0.2) is 121 Å². The highest BCUT2D eigenvalue weighted by atomic mass is 16.3. The highest BCUT2D eigenvalue weighted by Gasteiger charge is 2.46. The smallest absolute Gasteiger partial charge is 0.252 e. The number of aromatic hydroxyl groups is 2. The second-order valence-electron chi connectivity index (χ2n) is 8.95. The van der Waals surface area contributed by atoms with Crippen LogP contribution >= 0.6 is 0 Å². The maximum atomic E-state index is 13.3. The van der Waals surface area contributed by atoms with Gasteiger partial charge in [-0.15, -0.1) is 0 Å². The van der Waals surface area contributed by atoms with Gasteiger partial charge < -0.3 is 15.5 Å². The number of rotatable bonds is 4. The molecule has 174 valence electrons. The second-order valence-corrected chi connectivity index (χ2v) is 8.95. The number of carbonyl (C=O) groups excluding carboxylic acids is 1. The van der Waals surface area contributed by atoms with Crippen LogP contribution in [0.3, 0.4) is 0 Å². The second kappa shape index (κ2) is 8.43. The highest BCUT2D eigenvalue weighted by molar-refractivity contribution is 6.02. The molecule has 5 aromatic carbocycles. The fourth-order valence-corrected chi connectivity index (χ4v) is 5.17. The lowest BCUT2D eigenvalue weighted by Gasteiger charge is -2.33. The van der Waals surface area contributed by atoms with Crippen LogP contribution in [-0.2, 0) is 5.54 Å². The van der Waals surface area contributed by atoms with Crippen LogP contribution in [0.4, 0.5) is 0 Å². The Morgan fingerprint density at radius 3 is 1.53 bits per heavy atom. The SMILES string of the molecule is O=C1NC(c2ccc(O)c(-c3ccccc3)c2)(c2ccc(O)c(-c3ccccc3)c2)c2ccccc21. The quantitative estimate of drug-likeness (QED) is 0.283. The lowest BCUT2D eigenvalue weighted by molar-refractivity contribution is 0.0948. The predicted molar refractivity (Wildman–Crippen MR) is 141 cm³/mol. The van der Waals surface area contributed by atoms with Gasteiger partial charge >= 0.3 is 0 Å². The zero-order chi connectivity index (χ0) is 24.7. The molecule has 5 aromatic rings. The summed E-state index contributed by atoms with van der Waals surface area (Å²) in [6, 6.07) is 37.8. The van der Waals surface area contributed by atoms with E-state index >= 15 is 0 Å². The lowest BCUT2D eigenvalue weighted by atomic mass is 9.76. The molecule has 3 N–H and O–H groups in total. The Balaban J connectivity index is 1.64. The predicted octanol–water partition coefficient (Wildman–Crippen LogP) is 6.47. The van der Waals surface area contributed by atoms with E-state index in [4.69, 9.17) is 0 Å². The fourth-order valence-electron chi connectivity index (χ4n) is 5.17. The Labute approximate surface area is 209 Å². The van der Waals surface area contributed by atoms with Crippen molar-refractivity contribution in [1.29, 1.82) is 0 Å². The van der Waals surface area contributed by atoms with E-state index in [0.717, 1.165) is 27.8 Å². The van der Waals surface area contributed by atoms with Crippen molar-refractivity contribution >= 4 is 5.91 Å². The largest absolute Gasteiger partial charge is 0.507 e. The summed E-state index contributed by atoms with van der Waals surface area (Å²) in [4.78, 5) is 13.3. The summed E-state index contributed by atoms with van der Waals surface area (Å²) in [6.07, 6.45) is 0. The molecule has 0 saturated carbocycles. The van der Waals surface area contributed by atoms with Gasteiger partial charge in [0, 0.05) is 16.7 Å². The van der Waals surface area contributed by atoms with E-state index < -0.39 is 5.54 Å². The van der Waals surface area contributed by atoms with Crippen molar-refractivity contribution in [2.75, 3.05) is 0 Å². The summed E-state index contributed by atoms with van der Waals surface area (Å²) in [5, 5.41) is 24.7. The van der Waals surface area contributed by atoms with Gasteiger partial charge in [0.2, 0.25) is 0 Å². The number of amides is 1. The van der Waals surface area contributed by atoms with Crippen molar-refractivity contribution in [2.24, 2.45) is 0 Å². The molecule has 0 radical (unpaired) electrons. The van der Waals surface area contributed by atoms with Gasteiger partial charge in [0.15, 0.2) is 0 Å². The molecule has 1 heterocycles. The van der Waals surface area contributed by atoms with Crippen molar-refractivity contribution in [3.63, 3.8) is 0 Å². The Bertz CT molecular complexity index is 1500. The van der Waals surface area contributed by atoms with Crippen LogP contribution in [0, 0.1) is 0 Å². The summed E-state index contributed by atoms with van der Waals surface area (Å²) < 4.78 is 0. The third-order valence-electron chi connectivity index (χ3n) is 6.91. The van der Waals surface area contributed by atoms with Crippen LogP contribution in [0.5, 0.6) is 11.5 Å². The Kier molecular flexibility index (Phi) is 5.08. The van der Waals surface area contributed by atoms with Crippen LogP contribution in [0.25, 0.3) is 22.3 Å². The van der Waals surface area contributed by atoms with Gasteiger partial charge in [-0.05, 0) is 58.1 Å². The highest BCUT2D eigenvalue weighted by Crippen LogP contribution is 2.46. The summed E-state index contributed by atoms with van der Waals surface area (Å²) in [6.45, 7) is 0. The third-order valence-corrected chi connectivity index (χ3v) is 6.91. The zero-order valence-electron chi connectivity index (χ0n) is 19.3. The Morgan fingerprint density at radius 1 is 0.528 bits per heavy atom. The maximum absolute atomic E-state index is 13.3. The van der Waals surface area contributed by atoms with Gasteiger partial charge in [-0.25, -0.2) is 0 Å². The van der Waals surface area contributed by atoms with Crippen molar-refractivity contribution in [3.8, 4) is 33.8 Å². The van der Waals surface area contributed by atoms with E-state index in [2.05, 4.69) is 5.32 Å². The molecule has 0 atom stereocenters. The fraction of sp³-hybridized carbons (Fsp3) is 0.0312. The van der Waals surface area contributed by atoms with E-state index in [0.29, 0.717) is 16.7 Å². The first kappa shape index (κ1) is 21.7. The van der Waals surface area contributed by atoms with E-state index in [-0.39, 0.29) is 17.4 Å². The summed E-state index contributed by atoms with van der Waals surface area (Å²) in [7, 11) is 0. The van der Waals surface area contributed by atoms with Crippen molar-refractivity contribution in [2.45, 2.75) is 5.54 Å². The monoisotopic (exact) mass is 469 g/mol. The molecule has 0 unspecified atom stereocenters. The van der Waals surface area contributed by atoms with Crippen LogP contribution in [-0.4, -0.2) is 16.1 Å². The first-order valence-electron chi connectivity index (χ1n) is 11.8. The van der Waals surface area contributed by atoms with E-state index in [1.165, 1.54) is 0 Å². The van der Waals surface area contributed by atoms with Crippen LogP contribution < -0.4 is 5.32 Å². The molecular formula is C32H23NO3. The number of carbonyl (C=O) groups is 1. The summed E-state index contributed by atoms with van der Waals surface area (Å²) >= 11 is 0. The van der Waals surface area contributed by atoms with E-state index in [1.54, 1.807) is 12.1 Å². The molecule has 0 spiro atoms. The number of fused-ring (bicyclic) bond motifs is 1. The average Bonchev–Trinajstić information content (AvgIpc) is 3.23. The zero-order valence-corrected chi connectivity index (χ0v) is 19.3. The first-order valence-corrected chi connectivity index (χ1v) is 11.8. The number of phenolic OH excluding ortho intramolecular Hbond substituents is 2. The Morgan fingerprint density at radius 2 is 1.00 bits per heavy atom. The number of hydrogen-bond donors (Lipinski definition) is 3. The molecule has 0 aromatic heterocycles. The molecule has 1 aliphatic rings. The van der Waals surface area contributed by atoms with Gasteiger partial charge in [0.05, 0.1) is 0 Å². The Hall–Kier alpha value is -4.83. The van der Waals surface area contributed by atoms with Gasteiger partial charge in [-0.1, -0.05) is 91.0 Å². The van der Waals surface area contributed by atoms with Gasteiger partial charge in [-0.2, -0.15) is 0 Å². The van der Waals surface area contributed by atoms with Gasteiger partial charge in [0.1, 0.15) is 17.0 Å². The van der Waals surface area contributed by atoms with Crippen LogP contribution in [0.1, 0.15) is 27.0 Å². The summed E-state index contributed by atoms with van der Waals surface area (Å²) in [5.74, 6) is 0.149. The molecular weight excluding hydrogens is 446 g/mol. The number of benzene rings is 5. The molecule has 0 saturated heterocycles. The van der Waals surface area contributed by atoms with Gasteiger partial charge in [-0.3, -0.25) is 4.79 Å². The molecule has 0 aliphatic carbocycles. The van der Waals surface area contributed by atoms with Crippen molar-refractivity contribution in [3.05, 3.63) is 144 Å². The molecule has 6 rings (SSSR count). The van der Waals surface area contributed by atoms with E-state index in [9.17, 15) is 15.0 Å². The maximum Gasteiger partial charge on any atom is 0.252 e. The normalized spacial score (nSPS) is 13.7. The number of nitrogens with one attached hydrogen (secondary N) is 1. The molecule has 0 bridgehead atoms.